The van der Waals surface area contributed by atoms with Crippen LogP contribution in [-0.4, -0.2) is 16.6 Å². The number of halogens is 1. The van der Waals surface area contributed by atoms with Crippen LogP contribution in [0.5, 0.6) is 0 Å². The molecular formula is C11H9BrN2O2. The zero-order chi connectivity index (χ0) is 11.8. The van der Waals surface area contributed by atoms with Crippen molar-refractivity contribution < 1.29 is 9.90 Å². The monoisotopic (exact) mass is 280 g/mol. The minimum atomic E-state index is -0.869. The van der Waals surface area contributed by atoms with Gasteiger partial charge in [-0.1, -0.05) is 6.07 Å². The summed E-state index contributed by atoms with van der Waals surface area (Å²) in [5.41, 5.74) is 0.138. The van der Waals surface area contributed by atoms with Gasteiger partial charge in [0.05, 0.1) is 11.3 Å². The Hall–Kier alpha value is -1.54. The molecule has 1 aromatic carbocycles. The number of hydrogen-bond acceptors (Lipinski definition) is 3. The van der Waals surface area contributed by atoms with Gasteiger partial charge in [-0.15, -0.1) is 0 Å². The molecule has 1 aromatic rings. The van der Waals surface area contributed by atoms with Crippen molar-refractivity contribution in [2.75, 3.05) is 5.32 Å². The minimum absolute atomic E-state index is 0.440. The normalized spacial score (nSPS) is 16.2. The van der Waals surface area contributed by atoms with Gasteiger partial charge >= 0.3 is 5.97 Å². The number of anilines is 1. The number of nitrogens with zero attached hydrogens (tertiary/aromatic N) is 1. The molecule has 0 aromatic heterocycles. The van der Waals surface area contributed by atoms with E-state index < -0.39 is 11.5 Å². The van der Waals surface area contributed by atoms with E-state index in [2.05, 4.69) is 27.3 Å². The van der Waals surface area contributed by atoms with Gasteiger partial charge in [0.25, 0.3) is 0 Å². The van der Waals surface area contributed by atoms with E-state index >= 15 is 0 Å². The lowest BCUT2D eigenvalue weighted by Crippen LogP contribution is -2.31. The highest BCUT2D eigenvalue weighted by molar-refractivity contribution is 9.10. The number of hydrogen-bond donors (Lipinski definition) is 2. The maximum Gasteiger partial charge on any atom is 0.329 e. The Bertz CT molecular complexity index is 489. The van der Waals surface area contributed by atoms with E-state index in [9.17, 15) is 4.79 Å². The molecule has 2 rings (SSSR count). The van der Waals surface area contributed by atoms with Crippen molar-refractivity contribution in [3.8, 4) is 6.07 Å². The molecule has 2 N–H and O–H groups in total. The smallest absolute Gasteiger partial charge is 0.329 e. The molecule has 0 spiro atoms. The lowest BCUT2D eigenvalue weighted by molar-refractivity contribution is -0.138. The Morgan fingerprint density at radius 3 is 2.75 bits per heavy atom. The first-order valence-electron chi connectivity index (χ1n) is 4.79. The topological polar surface area (TPSA) is 73.1 Å². The Balaban J connectivity index is 2.33. The van der Waals surface area contributed by atoms with Crippen LogP contribution in [0.4, 0.5) is 5.69 Å². The average molecular weight is 281 g/mol. The van der Waals surface area contributed by atoms with Crippen molar-refractivity contribution >= 4 is 27.6 Å². The van der Waals surface area contributed by atoms with E-state index in [1.54, 1.807) is 18.2 Å². The SMILES string of the molecule is N#Cc1c(Br)cccc1NC1(C(=O)O)CC1. The summed E-state index contributed by atoms with van der Waals surface area (Å²) in [5, 5.41) is 21.0. The molecule has 1 fully saturated rings. The van der Waals surface area contributed by atoms with Gasteiger partial charge in [0.1, 0.15) is 11.6 Å². The second kappa shape index (κ2) is 3.80. The van der Waals surface area contributed by atoms with Gasteiger partial charge in [-0.25, -0.2) is 4.79 Å². The molecule has 0 atom stereocenters. The Kier molecular flexibility index (Phi) is 2.60. The summed E-state index contributed by atoms with van der Waals surface area (Å²) in [7, 11) is 0. The molecule has 1 aliphatic rings. The van der Waals surface area contributed by atoms with E-state index in [0.29, 0.717) is 28.6 Å². The first-order valence-corrected chi connectivity index (χ1v) is 5.58. The molecule has 0 radical (unpaired) electrons. The summed E-state index contributed by atoms with van der Waals surface area (Å²) in [6.07, 6.45) is 1.19. The second-order valence-electron chi connectivity index (χ2n) is 3.79. The largest absolute Gasteiger partial charge is 0.480 e. The summed E-state index contributed by atoms with van der Waals surface area (Å²) >= 11 is 3.26. The lowest BCUT2D eigenvalue weighted by Gasteiger charge is -2.15. The zero-order valence-corrected chi connectivity index (χ0v) is 9.91. The fourth-order valence-electron chi connectivity index (χ4n) is 1.52. The van der Waals surface area contributed by atoms with Gasteiger partial charge < -0.3 is 10.4 Å². The predicted octanol–water partition coefficient (Wildman–Crippen LogP) is 2.35. The fraction of sp³-hybridized carbons (Fsp3) is 0.273. The Labute approximate surface area is 101 Å². The molecule has 1 saturated carbocycles. The van der Waals surface area contributed by atoms with Crippen LogP contribution >= 0.6 is 15.9 Å². The van der Waals surface area contributed by atoms with Crippen molar-refractivity contribution in [1.29, 1.82) is 5.26 Å². The third-order valence-electron chi connectivity index (χ3n) is 2.66. The maximum absolute atomic E-state index is 11.0. The molecule has 5 heteroatoms. The number of aliphatic carboxylic acids is 1. The first-order chi connectivity index (χ1) is 7.59. The third-order valence-corrected chi connectivity index (χ3v) is 3.32. The molecule has 1 aliphatic carbocycles. The van der Waals surface area contributed by atoms with Crippen molar-refractivity contribution in [3.05, 3.63) is 28.2 Å². The molecule has 0 amide bonds. The number of carboxylic acid groups (broad SMARTS) is 1. The quantitative estimate of drug-likeness (QED) is 0.892. The Morgan fingerprint density at radius 2 is 2.25 bits per heavy atom. The van der Waals surface area contributed by atoms with Crippen LogP contribution in [0, 0.1) is 11.3 Å². The van der Waals surface area contributed by atoms with Crippen LogP contribution < -0.4 is 5.32 Å². The van der Waals surface area contributed by atoms with Crippen LogP contribution in [-0.2, 0) is 4.79 Å². The summed E-state index contributed by atoms with van der Waals surface area (Å²) in [4.78, 5) is 11.0. The average Bonchev–Trinajstić information content (AvgIpc) is 2.99. The van der Waals surface area contributed by atoms with Crippen LogP contribution in [0.1, 0.15) is 18.4 Å². The molecule has 16 heavy (non-hydrogen) atoms. The highest BCUT2D eigenvalue weighted by Gasteiger charge is 2.50. The standard InChI is InChI=1S/C11H9BrN2O2/c12-8-2-1-3-9(7(8)6-13)14-11(4-5-11)10(15)16/h1-3,14H,4-5H2,(H,15,16). The third kappa shape index (κ3) is 1.76. The van der Waals surface area contributed by atoms with Gasteiger partial charge in [-0.05, 0) is 40.9 Å². The Morgan fingerprint density at radius 1 is 1.56 bits per heavy atom. The van der Waals surface area contributed by atoms with Gasteiger partial charge in [0, 0.05) is 4.47 Å². The van der Waals surface area contributed by atoms with Crippen LogP contribution in [0.15, 0.2) is 22.7 Å². The maximum atomic E-state index is 11.0. The van der Waals surface area contributed by atoms with Crippen molar-refractivity contribution in [1.82, 2.24) is 0 Å². The summed E-state index contributed by atoms with van der Waals surface area (Å²) in [6.45, 7) is 0. The van der Waals surface area contributed by atoms with Crippen LogP contribution in [0.3, 0.4) is 0 Å². The highest BCUT2D eigenvalue weighted by Crippen LogP contribution is 2.40. The molecule has 0 saturated heterocycles. The van der Waals surface area contributed by atoms with E-state index in [1.165, 1.54) is 0 Å². The zero-order valence-electron chi connectivity index (χ0n) is 8.33. The predicted molar refractivity (Wildman–Crippen MR) is 62.1 cm³/mol. The number of benzene rings is 1. The van der Waals surface area contributed by atoms with Crippen LogP contribution in [0.25, 0.3) is 0 Å². The number of nitrogens with one attached hydrogen (secondary N) is 1. The van der Waals surface area contributed by atoms with Crippen molar-refractivity contribution in [3.63, 3.8) is 0 Å². The molecule has 0 aliphatic heterocycles. The lowest BCUT2D eigenvalue weighted by atomic mass is 10.1. The summed E-state index contributed by atoms with van der Waals surface area (Å²) in [6, 6.07) is 7.29. The molecule has 0 unspecified atom stereocenters. The molecule has 0 heterocycles. The molecule has 0 bridgehead atoms. The number of rotatable bonds is 3. The minimum Gasteiger partial charge on any atom is -0.480 e. The van der Waals surface area contributed by atoms with Gasteiger partial charge in [0.15, 0.2) is 0 Å². The van der Waals surface area contributed by atoms with E-state index in [0.717, 1.165) is 0 Å². The molecular weight excluding hydrogens is 272 g/mol. The van der Waals surface area contributed by atoms with Gasteiger partial charge in [0.2, 0.25) is 0 Å². The second-order valence-corrected chi connectivity index (χ2v) is 4.64. The van der Waals surface area contributed by atoms with Crippen molar-refractivity contribution in [2.24, 2.45) is 0 Å². The van der Waals surface area contributed by atoms with Gasteiger partial charge in [-0.2, -0.15) is 5.26 Å². The van der Waals surface area contributed by atoms with Crippen molar-refractivity contribution in [2.45, 2.75) is 18.4 Å². The number of carbonyl (C=O) groups is 1. The number of nitriles is 1. The fourth-order valence-corrected chi connectivity index (χ4v) is 1.97. The molecule has 4 nitrogen and oxygen atoms in total. The number of carboxylic acids is 1. The van der Waals surface area contributed by atoms with E-state index in [-0.39, 0.29) is 0 Å². The van der Waals surface area contributed by atoms with Gasteiger partial charge in [-0.3, -0.25) is 0 Å². The van der Waals surface area contributed by atoms with E-state index in [4.69, 9.17) is 10.4 Å². The molecule has 82 valence electrons. The van der Waals surface area contributed by atoms with E-state index in [1.807, 2.05) is 0 Å². The summed E-state index contributed by atoms with van der Waals surface area (Å²) < 4.78 is 0.668. The first kappa shape index (κ1) is 11.0. The highest BCUT2D eigenvalue weighted by atomic mass is 79.9. The van der Waals surface area contributed by atoms with Crippen LogP contribution in [0.2, 0.25) is 0 Å². The summed E-state index contributed by atoms with van der Waals surface area (Å²) in [5.74, 6) is -0.864.